The summed E-state index contributed by atoms with van der Waals surface area (Å²) < 4.78 is 2.83. The van der Waals surface area contributed by atoms with Crippen molar-refractivity contribution in [3.63, 3.8) is 0 Å². The number of Topliss-reactive ketones (excluding diaryl/α,β-unsaturated/α-hetero) is 1. The molecule has 0 bridgehead atoms. The summed E-state index contributed by atoms with van der Waals surface area (Å²) in [6, 6.07) is 9.24. The van der Waals surface area contributed by atoms with Crippen LogP contribution in [0.5, 0.6) is 0 Å². The molecule has 8 heteroatoms. The Morgan fingerprint density at radius 3 is 2.56 bits per heavy atom. The fourth-order valence-electron chi connectivity index (χ4n) is 4.48. The number of hydrogen-bond donors (Lipinski definition) is 1. The summed E-state index contributed by atoms with van der Waals surface area (Å²) >= 11 is 3.48. The van der Waals surface area contributed by atoms with Gasteiger partial charge in [-0.05, 0) is 72.9 Å². The normalized spacial score (nSPS) is 15.0. The Hall–Kier alpha value is -3.02. The Bertz CT molecular complexity index is 1220. The molecule has 1 saturated heterocycles. The van der Waals surface area contributed by atoms with Crippen LogP contribution in [0, 0.1) is 19.4 Å². The molecule has 0 saturated carbocycles. The SMILES string of the molecule is [C-]#[N+]c1ccc(-n2c(C)c(C(=O)CN3CCC(CC(=O)O)CC3)c3ncc(Br)cc32)cc1. The van der Waals surface area contributed by atoms with E-state index in [0.29, 0.717) is 16.8 Å². The number of carbonyl (C=O) groups is 2. The van der Waals surface area contributed by atoms with Gasteiger partial charge in [-0.3, -0.25) is 19.5 Å². The topological polar surface area (TPSA) is 79.8 Å². The summed E-state index contributed by atoms with van der Waals surface area (Å²) in [5.74, 6) is -0.569. The quantitative estimate of drug-likeness (QED) is 0.384. The van der Waals surface area contributed by atoms with Crippen molar-refractivity contribution < 1.29 is 14.7 Å². The van der Waals surface area contributed by atoms with Crippen LogP contribution >= 0.6 is 15.9 Å². The van der Waals surface area contributed by atoms with Crippen molar-refractivity contribution in [3.8, 4) is 5.69 Å². The van der Waals surface area contributed by atoms with Gasteiger partial charge in [-0.25, -0.2) is 4.85 Å². The van der Waals surface area contributed by atoms with Crippen LogP contribution in [0.2, 0.25) is 0 Å². The van der Waals surface area contributed by atoms with Crippen LogP contribution in [0.25, 0.3) is 21.6 Å². The highest BCUT2D eigenvalue weighted by atomic mass is 79.9. The predicted molar refractivity (Wildman–Crippen MR) is 126 cm³/mol. The number of hydrogen-bond acceptors (Lipinski definition) is 4. The third-order valence-electron chi connectivity index (χ3n) is 6.06. The fourth-order valence-corrected chi connectivity index (χ4v) is 4.80. The lowest BCUT2D eigenvalue weighted by molar-refractivity contribution is -0.138. The number of rotatable bonds is 6. The van der Waals surface area contributed by atoms with Gasteiger partial charge in [0.15, 0.2) is 11.5 Å². The Labute approximate surface area is 194 Å². The van der Waals surface area contributed by atoms with Crippen LogP contribution in [-0.4, -0.2) is 50.9 Å². The summed E-state index contributed by atoms with van der Waals surface area (Å²) in [5.41, 5.74) is 4.33. The van der Waals surface area contributed by atoms with E-state index in [1.807, 2.05) is 29.7 Å². The number of aliphatic carboxylic acids is 1. The van der Waals surface area contributed by atoms with Crippen molar-refractivity contribution in [2.24, 2.45) is 5.92 Å². The molecule has 0 atom stereocenters. The van der Waals surface area contributed by atoms with E-state index in [-0.39, 0.29) is 24.7 Å². The van der Waals surface area contributed by atoms with Gasteiger partial charge in [-0.15, -0.1) is 0 Å². The number of piperidine rings is 1. The number of halogens is 1. The van der Waals surface area contributed by atoms with Gasteiger partial charge >= 0.3 is 5.97 Å². The van der Waals surface area contributed by atoms with Crippen molar-refractivity contribution in [2.75, 3.05) is 19.6 Å². The third kappa shape index (κ3) is 4.45. The zero-order chi connectivity index (χ0) is 22.8. The van der Waals surface area contributed by atoms with Gasteiger partial charge in [-0.1, -0.05) is 12.1 Å². The summed E-state index contributed by atoms with van der Waals surface area (Å²) in [6.07, 6.45) is 3.47. The first-order chi connectivity index (χ1) is 15.4. The van der Waals surface area contributed by atoms with E-state index >= 15 is 0 Å². The summed E-state index contributed by atoms with van der Waals surface area (Å²) in [4.78, 5) is 34.5. The molecule has 1 aliphatic rings. The molecule has 1 aliphatic heterocycles. The summed E-state index contributed by atoms with van der Waals surface area (Å²) in [6.45, 7) is 10.8. The number of carboxylic acid groups (broad SMARTS) is 1. The van der Waals surface area contributed by atoms with Crippen molar-refractivity contribution in [3.05, 3.63) is 63.7 Å². The van der Waals surface area contributed by atoms with E-state index < -0.39 is 5.97 Å². The van der Waals surface area contributed by atoms with Gasteiger partial charge in [0.25, 0.3) is 0 Å². The van der Waals surface area contributed by atoms with Gasteiger partial charge in [0, 0.05) is 28.5 Å². The fraction of sp³-hybridized carbons (Fsp3) is 0.333. The maximum atomic E-state index is 13.4. The molecule has 0 unspecified atom stereocenters. The van der Waals surface area contributed by atoms with E-state index in [0.717, 1.165) is 47.3 Å². The van der Waals surface area contributed by atoms with Crippen molar-refractivity contribution in [2.45, 2.75) is 26.2 Å². The number of carboxylic acids is 1. The first kappa shape index (κ1) is 22.2. The Kier molecular flexibility index (Phi) is 6.40. The molecule has 0 radical (unpaired) electrons. The van der Waals surface area contributed by atoms with Crippen LogP contribution in [0.3, 0.4) is 0 Å². The monoisotopic (exact) mass is 494 g/mol. The zero-order valence-corrected chi connectivity index (χ0v) is 19.3. The Morgan fingerprint density at radius 2 is 1.94 bits per heavy atom. The number of nitrogens with zero attached hydrogens (tertiary/aromatic N) is 4. The van der Waals surface area contributed by atoms with Crippen LogP contribution in [0.1, 0.15) is 35.3 Å². The van der Waals surface area contributed by atoms with E-state index in [4.69, 9.17) is 11.7 Å². The molecular weight excluding hydrogens is 472 g/mol. The molecule has 164 valence electrons. The molecular formula is C24H23BrN4O3. The molecule has 3 aromatic rings. The second-order valence-corrected chi connectivity index (χ2v) is 9.10. The minimum atomic E-state index is -0.760. The van der Waals surface area contributed by atoms with Gasteiger partial charge in [0.2, 0.25) is 0 Å². The number of benzene rings is 1. The van der Waals surface area contributed by atoms with Gasteiger partial charge in [-0.2, -0.15) is 0 Å². The van der Waals surface area contributed by atoms with E-state index in [9.17, 15) is 9.59 Å². The highest BCUT2D eigenvalue weighted by Crippen LogP contribution is 2.31. The number of carbonyl (C=O) groups excluding carboxylic acids is 1. The summed E-state index contributed by atoms with van der Waals surface area (Å²) in [5, 5.41) is 9.01. The molecule has 1 N–H and O–H groups in total. The molecule has 0 aliphatic carbocycles. The van der Waals surface area contributed by atoms with E-state index in [1.54, 1.807) is 18.3 Å². The zero-order valence-electron chi connectivity index (χ0n) is 17.7. The van der Waals surface area contributed by atoms with Crippen LogP contribution in [0.4, 0.5) is 5.69 Å². The van der Waals surface area contributed by atoms with Crippen LogP contribution in [-0.2, 0) is 4.79 Å². The van der Waals surface area contributed by atoms with Crippen molar-refractivity contribution >= 4 is 44.4 Å². The predicted octanol–water partition coefficient (Wildman–Crippen LogP) is 5.02. The molecule has 7 nitrogen and oxygen atoms in total. The molecule has 0 spiro atoms. The number of pyridine rings is 1. The number of aromatic nitrogens is 2. The second kappa shape index (κ2) is 9.23. The first-order valence-electron chi connectivity index (χ1n) is 10.5. The number of fused-ring (bicyclic) bond motifs is 1. The molecule has 1 fully saturated rings. The minimum Gasteiger partial charge on any atom is -0.481 e. The highest BCUT2D eigenvalue weighted by molar-refractivity contribution is 9.10. The average Bonchev–Trinajstić information content (AvgIpc) is 3.05. The maximum absolute atomic E-state index is 13.4. The lowest BCUT2D eigenvalue weighted by Crippen LogP contribution is -2.38. The van der Waals surface area contributed by atoms with E-state index in [2.05, 4.69) is 30.7 Å². The lowest BCUT2D eigenvalue weighted by atomic mass is 9.93. The van der Waals surface area contributed by atoms with Crippen molar-refractivity contribution in [1.29, 1.82) is 0 Å². The van der Waals surface area contributed by atoms with Crippen LogP contribution < -0.4 is 0 Å². The molecule has 1 aromatic carbocycles. The number of ketones is 1. The molecule has 32 heavy (non-hydrogen) atoms. The Balaban J connectivity index is 1.64. The van der Waals surface area contributed by atoms with Gasteiger partial charge in [0.05, 0.1) is 29.7 Å². The maximum Gasteiger partial charge on any atom is 0.303 e. The largest absolute Gasteiger partial charge is 0.481 e. The van der Waals surface area contributed by atoms with Crippen LogP contribution in [0.15, 0.2) is 41.0 Å². The summed E-state index contributed by atoms with van der Waals surface area (Å²) in [7, 11) is 0. The molecule has 0 amide bonds. The minimum absolute atomic E-state index is 0.00975. The lowest BCUT2D eigenvalue weighted by Gasteiger charge is -2.30. The standard InChI is InChI=1S/C24H23BrN4O3/c1-15-23(21(30)14-28-9-7-16(8-10-28)11-22(31)32)24-20(12-17(25)13-27-24)29(15)19-5-3-18(26-2)4-6-19/h3-6,12-13,16H,7-11,14H2,1H3,(H,31,32). The van der Waals surface area contributed by atoms with Gasteiger partial charge in [0.1, 0.15) is 0 Å². The second-order valence-electron chi connectivity index (χ2n) is 8.19. The van der Waals surface area contributed by atoms with Gasteiger partial charge < -0.3 is 9.67 Å². The Morgan fingerprint density at radius 1 is 1.25 bits per heavy atom. The van der Waals surface area contributed by atoms with E-state index in [1.165, 1.54) is 0 Å². The number of likely N-dealkylation sites (tertiary alicyclic amines) is 1. The third-order valence-corrected chi connectivity index (χ3v) is 6.50. The highest BCUT2D eigenvalue weighted by Gasteiger charge is 2.26. The smallest absolute Gasteiger partial charge is 0.303 e. The molecule has 4 rings (SSSR count). The first-order valence-corrected chi connectivity index (χ1v) is 11.3. The van der Waals surface area contributed by atoms with Crippen molar-refractivity contribution in [1.82, 2.24) is 14.5 Å². The molecule has 2 aromatic heterocycles. The average molecular weight is 495 g/mol. The molecule has 3 heterocycles.